The van der Waals surface area contributed by atoms with Crippen LogP contribution in [0, 0.1) is 0 Å². The Kier molecular flexibility index (Phi) is 5.74. The average molecular weight is 264 g/mol. The molecule has 19 heavy (non-hydrogen) atoms. The van der Waals surface area contributed by atoms with Gasteiger partial charge in [0, 0.05) is 25.0 Å². The molecule has 1 saturated carbocycles. The zero-order valence-corrected chi connectivity index (χ0v) is 12.3. The summed E-state index contributed by atoms with van der Waals surface area (Å²) in [6.07, 6.45) is 16.8. The molecule has 1 aromatic rings. The van der Waals surface area contributed by atoms with Gasteiger partial charge in [0.1, 0.15) is 0 Å². The topological polar surface area (TPSA) is 26.9 Å². The predicted molar refractivity (Wildman–Crippen MR) is 79.6 cm³/mol. The van der Waals surface area contributed by atoms with Crippen molar-refractivity contribution in [3.63, 3.8) is 0 Å². The highest BCUT2D eigenvalue weighted by Crippen LogP contribution is 2.33. The molecule has 0 spiro atoms. The minimum Gasteiger partial charge on any atom is -0.299 e. The number of imidazole rings is 1. The molecule has 108 valence electrons. The summed E-state index contributed by atoms with van der Waals surface area (Å²) in [4.78, 5) is 12.0. The van der Waals surface area contributed by atoms with E-state index in [0.717, 1.165) is 13.0 Å². The fourth-order valence-electron chi connectivity index (χ4n) is 2.64. The molecule has 0 amide bonds. The molecule has 0 N–H and O–H groups in total. The van der Waals surface area contributed by atoms with Crippen molar-refractivity contribution in [3.05, 3.63) is 22.9 Å². The van der Waals surface area contributed by atoms with Gasteiger partial charge in [-0.3, -0.25) is 9.13 Å². The van der Waals surface area contributed by atoms with Crippen molar-refractivity contribution < 1.29 is 0 Å². The molecule has 0 saturated heterocycles. The highest BCUT2D eigenvalue weighted by Gasteiger charge is 2.25. The fraction of sp³-hybridized carbons (Fsp3) is 0.812. The third-order valence-corrected chi connectivity index (χ3v) is 4.07. The highest BCUT2D eigenvalue weighted by atomic mass is 16.1. The molecule has 2 rings (SSSR count). The first kappa shape index (κ1) is 14.4. The van der Waals surface area contributed by atoms with Crippen LogP contribution in [-0.4, -0.2) is 9.13 Å². The summed E-state index contributed by atoms with van der Waals surface area (Å²) in [5.74, 6) is 0. The van der Waals surface area contributed by atoms with Crippen LogP contribution >= 0.6 is 0 Å². The molecule has 0 aliphatic heterocycles. The van der Waals surface area contributed by atoms with Crippen LogP contribution in [-0.2, 0) is 6.54 Å². The van der Waals surface area contributed by atoms with Crippen molar-refractivity contribution in [1.29, 1.82) is 0 Å². The molecule has 0 radical (unpaired) electrons. The standard InChI is InChI=1S/C16H28N2O/c1-2-3-4-5-6-7-8-9-12-17-13-14-18(16(17)19)15-10-11-15/h13-15H,2-12H2,1H3. The van der Waals surface area contributed by atoms with Crippen molar-refractivity contribution in [1.82, 2.24) is 9.13 Å². The van der Waals surface area contributed by atoms with Crippen molar-refractivity contribution in [2.75, 3.05) is 0 Å². The molecule has 1 heterocycles. The first-order valence-electron chi connectivity index (χ1n) is 8.10. The largest absolute Gasteiger partial charge is 0.328 e. The first-order chi connectivity index (χ1) is 9.33. The number of aryl methyl sites for hydroxylation is 1. The maximum Gasteiger partial charge on any atom is 0.328 e. The van der Waals surface area contributed by atoms with E-state index in [4.69, 9.17) is 0 Å². The zero-order valence-electron chi connectivity index (χ0n) is 12.3. The Bertz CT molecular complexity index is 415. The van der Waals surface area contributed by atoms with Gasteiger partial charge >= 0.3 is 5.69 Å². The Morgan fingerprint density at radius 3 is 2.26 bits per heavy atom. The Hall–Kier alpha value is -0.990. The Balaban J connectivity index is 1.57. The van der Waals surface area contributed by atoms with Crippen molar-refractivity contribution in [3.8, 4) is 0 Å². The SMILES string of the molecule is CCCCCCCCCCn1ccn(C2CC2)c1=O. The predicted octanol–water partition coefficient (Wildman–Crippen LogP) is 4.13. The fourth-order valence-corrected chi connectivity index (χ4v) is 2.64. The maximum atomic E-state index is 12.0. The summed E-state index contributed by atoms with van der Waals surface area (Å²) in [5.41, 5.74) is 0.199. The quantitative estimate of drug-likeness (QED) is 0.584. The van der Waals surface area contributed by atoms with Crippen molar-refractivity contribution in [2.45, 2.75) is 83.7 Å². The second kappa shape index (κ2) is 7.56. The van der Waals surface area contributed by atoms with E-state index in [1.54, 1.807) is 0 Å². The number of nitrogens with zero attached hydrogens (tertiary/aromatic N) is 2. The molecule has 1 aromatic heterocycles. The van der Waals surface area contributed by atoms with Crippen LogP contribution in [0.1, 0.15) is 77.2 Å². The summed E-state index contributed by atoms with van der Waals surface area (Å²) in [6.45, 7) is 3.15. The molecule has 1 aliphatic carbocycles. The third-order valence-electron chi connectivity index (χ3n) is 4.07. The number of hydrogen-bond acceptors (Lipinski definition) is 1. The van der Waals surface area contributed by atoms with Crippen LogP contribution in [0.3, 0.4) is 0 Å². The van der Waals surface area contributed by atoms with Crippen LogP contribution in [0.5, 0.6) is 0 Å². The van der Waals surface area contributed by atoms with E-state index < -0.39 is 0 Å². The minimum atomic E-state index is 0.199. The van der Waals surface area contributed by atoms with Gasteiger partial charge < -0.3 is 0 Å². The molecular weight excluding hydrogens is 236 g/mol. The van der Waals surface area contributed by atoms with Gasteiger partial charge in [-0.25, -0.2) is 4.79 Å². The van der Waals surface area contributed by atoms with E-state index in [1.165, 1.54) is 57.8 Å². The second-order valence-corrected chi connectivity index (χ2v) is 5.89. The summed E-state index contributed by atoms with van der Waals surface area (Å²) in [5, 5.41) is 0. The van der Waals surface area contributed by atoms with Crippen LogP contribution in [0.15, 0.2) is 17.2 Å². The Morgan fingerprint density at radius 1 is 1.00 bits per heavy atom. The van der Waals surface area contributed by atoms with Gasteiger partial charge in [-0.15, -0.1) is 0 Å². The van der Waals surface area contributed by atoms with E-state index >= 15 is 0 Å². The number of unbranched alkanes of at least 4 members (excludes halogenated alkanes) is 7. The molecule has 1 fully saturated rings. The summed E-state index contributed by atoms with van der Waals surface area (Å²) in [6, 6.07) is 0.507. The average Bonchev–Trinajstić information content (AvgIpc) is 3.18. The molecular formula is C16H28N2O. The van der Waals surface area contributed by atoms with Crippen LogP contribution in [0.25, 0.3) is 0 Å². The number of aromatic nitrogens is 2. The normalized spacial score (nSPS) is 15.0. The Morgan fingerprint density at radius 2 is 1.63 bits per heavy atom. The lowest BCUT2D eigenvalue weighted by atomic mass is 10.1. The maximum absolute atomic E-state index is 12.0. The number of rotatable bonds is 10. The van der Waals surface area contributed by atoms with E-state index in [1.807, 2.05) is 21.5 Å². The van der Waals surface area contributed by atoms with Gasteiger partial charge in [0.2, 0.25) is 0 Å². The molecule has 0 bridgehead atoms. The van der Waals surface area contributed by atoms with E-state index in [9.17, 15) is 4.79 Å². The van der Waals surface area contributed by atoms with Crippen molar-refractivity contribution >= 4 is 0 Å². The van der Waals surface area contributed by atoms with Crippen LogP contribution in [0.2, 0.25) is 0 Å². The monoisotopic (exact) mass is 264 g/mol. The van der Waals surface area contributed by atoms with E-state index in [0.29, 0.717) is 6.04 Å². The van der Waals surface area contributed by atoms with E-state index in [-0.39, 0.29) is 5.69 Å². The van der Waals surface area contributed by atoms with Crippen LogP contribution in [0.4, 0.5) is 0 Å². The highest BCUT2D eigenvalue weighted by molar-refractivity contribution is 4.91. The first-order valence-corrected chi connectivity index (χ1v) is 8.10. The smallest absolute Gasteiger partial charge is 0.299 e. The molecule has 0 unspecified atom stereocenters. The number of hydrogen-bond donors (Lipinski definition) is 0. The molecule has 3 nitrogen and oxygen atoms in total. The van der Waals surface area contributed by atoms with Gasteiger partial charge in [-0.05, 0) is 19.3 Å². The summed E-state index contributed by atoms with van der Waals surface area (Å²) >= 11 is 0. The molecule has 0 atom stereocenters. The summed E-state index contributed by atoms with van der Waals surface area (Å²) < 4.78 is 3.79. The lowest BCUT2D eigenvalue weighted by Crippen LogP contribution is -2.23. The van der Waals surface area contributed by atoms with Gasteiger partial charge in [0.15, 0.2) is 0 Å². The molecule has 1 aliphatic rings. The Labute approximate surface area is 116 Å². The molecule has 3 heteroatoms. The van der Waals surface area contributed by atoms with Gasteiger partial charge in [0.25, 0.3) is 0 Å². The third kappa shape index (κ3) is 4.55. The zero-order chi connectivity index (χ0) is 13.5. The van der Waals surface area contributed by atoms with Crippen molar-refractivity contribution in [2.24, 2.45) is 0 Å². The molecule has 0 aromatic carbocycles. The second-order valence-electron chi connectivity index (χ2n) is 5.89. The van der Waals surface area contributed by atoms with Gasteiger partial charge in [0.05, 0.1) is 0 Å². The minimum absolute atomic E-state index is 0.199. The van der Waals surface area contributed by atoms with Crippen LogP contribution < -0.4 is 5.69 Å². The summed E-state index contributed by atoms with van der Waals surface area (Å²) in [7, 11) is 0. The lowest BCUT2D eigenvalue weighted by molar-refractivity contribution is 0.531. The van der Waals surface area contributed by atoms with Gasteiger partial charge in [-0.1, -0.05) is 51.9 Å². The lowest BCUT2D eigenvalue weighted by Gasteiger charge is -2.03. The van der Waals surface area contributed by atoms with Gasteiger partial charge in [-0.2, -0.15) is 0 Å². The van der Waals surface area contributed by atoms with E-state index in [2.05, 4.69) is 6.92 Å².